The number of nitrogens with zero attached hydrogens (tertiary/aromatic N) is 5. The maximum Gasteiger partial charge on any atom is 0.225 e. The summed E-state index contributed by atoms with van der Waals surface area (Å²) in [5.74, 6) is 0.178. The zero-order valence-corrected chi connectivity index (χ0v) is 20.4. The van der Waals surface area contributed by atoms with Crippen LogP contribution < -0.4 is 4.90 Å². The average Bonchev–Trinajstić information content (AvgIpc) is 3.26. The van der Waals surface area contributed by atoms with E-state index in [4.69, 9.17) is 9.47 Å². The average molecular weight is 510 g/mol. The maximum atomic E-state index is 15.2. The third-order valence-corrected chi connectivity index (χ3v) is 7.68. The van der Waals surface area contributed by atoms with Crippen molar-refractivity contribution in [1.82, 2.24) is 19.4 Å². The van der Waals surface area contributed by atoms with Gasteiger partial charge >= 0.3 is 0 Å². The predicted molar refractivity (Wildman–Crippen MR) is 130 cm³/mol. The Bertz CT molecular complexity index is 1530. The van der Waals surface area contributed by atoms with Crippen LogP contribution in [0.4, 0.5) is 10.3 Å². The lowest BCUT2D eigenvalue weighted by Gasteiger charge is -2.26. The van der Waals surface area contributed by atoms with Gasteiger partial charge in [0.15, 0.2) is 9.84 Å². The van der Waals surface area contributed by atoms with Gasteiger partial charge in [-0.15, -0.1) is 0 Å². The number of halogens is 1. The largest absolute Gasteiger partial charge is 0.378 e. The molecule has 5 heterocycles. The molecule has 2 aliphatic rings. The van der Waals surface area contributed by atoms with Gasteiger partial charge in [-0.05, 0) is 17.7 Å². The van der Waals surface area contributed by atoms with E-state index in [0.29, 0.717) is 62.1 Å². The Hall–Kier alpha value is -3.41. The Kier molecular flexibility index (Phi) is 5.70. The van der Waals surface area contributed by atoms with Crippen molar-refractivity contribution >= 4 is 21.4 Å². The molecule has 9 nitrogen and oxygen atoms in total. The fourth-order valence-electron chi connectivity index (χ4n) is 4.69. The van der Waals surface area contributed by atoms with E-state index in [-0.39, 0.29) is 4.90 Å². The number of fused-ring (bicyclic) bond motifs is 3. The van der Waals surface area contributed by atoms with Gasteiger partial charge in [0, 0.05) is 61.5 Å². The van der Waals surface area contributed by atoms with Crippen molar-refractivity contribution in [2.24, 2.45) is 0 Å². The molecule has 3 aromatic heterocycles. The summed E-state index contributed by atoms with van der Waals surface area (Å²) in [5.41, 5.74) is 3.82. The van der Waals surface area contributed by atoms with Gasteiger partial charge in [0.25, 0.3) is 0 Å². The predicted octanol–water partition coefficient (Wildman–Crippen LogP) is 2.83. The Labute approximate surface area is 207 Å². The van der Waals surface area contributed by atoms with Crippen LogP contribution in [0, 0.1) is 5.82 Å². The molecule has 1 atom stereocenters. The van der Waals surface area contributed by atoms with Crippen molar-refractivity contribution in [1.29, 1.82) is 0 Å². The van der Waals surface area contributed by atoms with Crippen LogP contribution in [0.1, 0.15) is 23.1 Å². The second-order valence-electron chi connectivity index (χ2n) is 8.92. The Morgan fingerprint density at radius 2 is 1.78 bits per heavy atom. The number of pyridine rings is 1. The zero-order valence-electron chi connectivity index (χ0n) is 19.6. The number of anilines is 1. The second kappa shape index (κ2) is 8.91. The van der Waals surface area contributed by atoms with Gasteiger partial charge < -0.3 is 14.4 Å². The van der Waals surface area contributed by atoms with Crippen molar-refractivity contribution < 1.29 is 22.3 Å². The molecule has 1 unspecified atom stereocenters. The number of rotatable bonds is 4. The number of benzene rings is 1. The zero-order chi connectivity index (χ0) is 24.9. The third-order valence-electron chi connectivity index (χ3n) is 6.55. The van der Waals surface area contributed by atoms with E-state index in [1.807, 2.05) is 9.30 Å². The van der Waals surface area contributed by atoms with Crippen molar-refractivity contribution in [3.63, 3.8) is 0 Å². The van der Waals surface area contributed by atoms with E-state index in [9.17, 15) is 8.42 Å². The van der Waals surface area contributed by atoms with Gasteiger partial charge in [-0.3, -0.25) is 4.40 Å². The molecule has 36 heavy (non-hydrogen) atoms. The summed E-state index contributed by atoms with van der Waals surface area (Å²) >= 11 is 0. The SMILES string of the molecule is CS(=O)(=O)c1ccc(C2OCCc3nc4cc(F)c(-c5cnc(N6CCOCC6)nc5)cn4c32)cc1. The van der Waals surface area contributed by atoms with Gasteiger partial charge in [0.2, 0.25) is 5.95 Å². The molecule has 1 fully saturated rings. The highest BCUT2D eigenvalue weighted by Gasteiger charge is 2.29. The minimum atomic E-state index is -3.31. The smallest absolute Gasteiger partial charge is 0.225 e. The quantitative estimate of drug-likeness (QED) is 0.414. The number of morpholine rings is 1. The highest BCUT2D eigenvalue weighted by atomic mass is 32.2. The van der Waals surface area contributed by atoms with Crippen molar-refractivity contribution in [2.75, 3.05) is 44.1 Å². The van der Waals surface area contributed by atoms with Crippen LogP contribution in [0.5, 0.6) is 0 Å². The van der Waals surface area contributed by atoms with Gasteiger partial charge in [0.1, 0.15) is 17.6 Å². The lowest BCUT2D eigenvalue weighted by Crippen LogP contribution is -2.37. The Morgan fingerprint density at radius 1 is 1.06 bits per heavy atom. The van der Waals surface area contributed by atoms with Crippen molar-refractivity contribution in [2.45, 2.75) is 17.4 Å². The summed E-state index contributed by atoms with van der Waals surface area (Å²) in [6.07, 6.45) is 6.27. The summed E-state index contributed by atoms with van der Waals surface area (Å²) in [4.78, 5) is 15.9. The molecule has 6 rings (SSSR count). The highest BCUT2D eigenvalue weighted by molar-refractivity contribution is 7.90. The molecule has 0 amide bonds. The first-order valence-electron chi connectivity index (χ1n) is 11.7. The van der Waals surface area contributed by atoms with Crippen LogP contribution in [-0.4, -0.2) is 66.9 Å². The highest BCUT2D eigenvalue weighted by Crippen LogP contribution is 2.35. The first kappa shape index (κ1) is 23.0. The molecule has 0 spiro atoms. The van der Waals surface area contributed by atoms with Crippen LogP contribution in [0.2, 0.25) is 0 Å². The molecule has 0 saturated carbocycles. The van der Waals surface area contributed by atoms with Gasteiger partial charge in [-0.2, -0.15) is 0 Å². The molecule has 11 heteroatoms. The van der Waals surface area contributed by atoms with Crippen LogP contribution in [-0.2, 0) is 25.7 Å². The Balaban J connectivity index is 1.39. The molecular formula is C25H24FN5O4S. The summed E-state index contributed by atoms with van der Waals surface area (Å²) in [6, 6.07) is 8.05. The summed E-state index contributed by atoms with van der Waals surface area (Å²) in [6.45, 7) is 3.15. The van der Waals surface area contributed by atoms with Gasteiger partial charge in [0.05, 0.1) is 36.1 Å². The molecule has 0 N–H and O–H groups in total. The molecule has 1 aromatic carbocycles. The van der Waals surface area contributed by atoms with Crippen molar-refractivity contribution in [3.8, 4) is 11.1 Å². The molecule has 4 aromatic rings. The van der Waals surface area contributed by atoms with E-state index in [0.717, 1.165) is 17.0 Å². The first-order valence-corrected chi connectivity index (χ1v) is 13.5. The summed E-state index contributed by atoms with van der Waals surface area (Å²) in [7, 11) is -3.31. The third kappa shape index (κ3) is 4.12. The number of sulfone groups is 1. The minimum Gasteiger partial charge on any atom is -0.378 e. The normalized spacial score (nSPS) is 18.4. The summed E-state index contributed by atoms with van der Waals surface area (Å²) < 4.78 is 52.2. The molecule has 0 aliphatic carbocycles. The fraction of sp³-hybridized carbons (Fsp3) is 0.320. The van der Waals surface area contributed by atoms with Crippen LogP contribution >= 0.6 is 0 Å². The van der Waals surface area contributed by atoms with Crippen LogP contribution in [0.15, 0.2) is 53.8 Å². The molecule has 2 aliphatic heterocycles. The number of ether oxygens (including phenoxy) is 2. The first-order chi connectivity index (χ1) is 17.4. The fourth-order valence-corrected chi connectivity index (χ4v) is 5.32. The standard InChI is InChI=1S/C25H24FN5O4S/c1-36(32,33)18-4-2-16(3-5-18)24-23-21(6-9-35-24)29-22-12-20(26)19(15-31(22)23)17-13-27-25(28-14-17)30-7-10-34-11-8-30/h2-5,12-15,24H,6-11H2,1H3. The van der Waals surface area contributed by atoms with Crippen molar-refractivity contribution in [3.05, 3.63) is 71.7 Å². The lowest BCUT2D eigenvalue weighted by molar-refractivity contribution is 0.0654. The van der Waals surface area contributed by atoms with E-state index in [1.165, 1.54) is 12.3 Å². The van der Waals surface area contributed by atoms with E-state index in [1.54, 1.807) is 42.9 Å². The molecule has 186 valence electrons. The van der Waals surface area contributed by atoms with Gasteiger partial charge in [-0.25, -0.2) is 27.8 Å². The van der Waals surface area contributed by atoms with E-state index < -0.39 is 21.8 Å². The molecular weight excluding hydrogens is 485 g/mol. The molecule has 0 bridgehead atoms. The number of hydrogen-bond donors (Lipinski definition) is 0. The second-order valence-corrected chi connectivity index (χ2v) is 10.9. The monoisotopic (exact) mass is 509 g/mol. The lowest BCUT2D eigenvalue weighted by atomic mass is 10.0. The maximum absolute atomic E-state index is 15.2. The van der Waals surface area contributed by atoms with E-state index >= 15 is 4.39 Å². The van der Waals surface area contributed by atoms with Gasteiger partial charge in [-0.1, -0.05) is 12.1 Å². The van der Waals surface area contributed by atoms with E-state index in [2.05, 4.69) is 15.0 Å². The number of hydrogen-bond acceptors (Lipinski definition) is 8. The minimum absolute atomic E-state index is 0.241. The topological polar surface area (TPSA) is 98.9 Å². The molecule has 0 radical (unpaired) electrons. The van der Waals surface area contributed by atoms with Crippen LogP contribution in [0.25, 0.3) is 16.8 Å². The summed E-state index contributed by atoms with van der Waals surface area (Å²) in [5, 5.41) is 0. The number of imidazole rings is 1. The van der Waals surface area contributed by atoms with Crippen LogP contribution in [0.3, 0.4) is 0 Å². The number of aromatic nitrogens is 4. The Morgan fingerprint density at radius 3 is 2.47 bits per heavy atom. The molecule has 1 saturated heterocycles.